The van der Waals surface area contributed by atoms with Crippen molar-refractivity contribution in [3.8, 4) is 0 Å². The molecule has 0 radical (unpaired) electrons. The standard InChI is InChI=1S/C13H11BrO4/c1-7-6-10(15)13(18,12(17)11(7)16)8-2-4-9(14)5-3-8/h2-6,12,17-18H,1H3/t12-,13+/m1/s1. The van der Waals surface area contributed by atoms with Crippen LogP contribution in [0.25, 0.3) is 0 Å². The van der Waals surface area contributed by atoms with E-state index < -0.39 is 23.3 Å². The first-order valence-corrected chi connectivity index (χ1v) is 6.10. The first kappa shape index (κ1) is 13.1. The second kappa shape index (κ2) is 4.42. The minimum Gasteiger partial charge on any atom is -0.381 e. The fourth-order valence-corrected chi connectivity index (χ4v) is 2.19. The van der Waals surface area contributed by atoms with E-state index in [0.717, 1.165) is 10.5 Å². The molecule has 0 spiro atoms. The van der Waals surface area contributed by atoms with Crippen LogP contribution in [0.3, 0.4) is 0 Å². The molecule has 0 unspecified atom stereocenters. The van der Waals surface area contributed by atoms with Crippen LogP contribution in [0.5, 0.6) is 0 Å². The molecule has 5 heteroatoms. The van der Waals surface area contributed by atoms with Crippen molar-refractivity contribution in [2.45, 2.75) is 18.6 Å². The molecule has 0 aliphatic heterocycles. The normalized spacial score (nSPS) is 28.2. The number of rotatable bonds is 1. The van der Waals surface area contributed by atoms with Crippen molar-refractivity contribution >= 4 is 27.5 Å². The van der Waals surface area contributed by atoms with E-state index in [2.05, 4.69) is 15.9 Å². The van der Waals surface area contributed by atoms with E-state index in [4.69, 9.17) is 0 Å². The van der Waals surface area contributed by atoms with Crippen LogP contribution in [0.15, 0.2) is 40.4 Å². The van der Waals surface area contributed by atoms with Crippen molar-refractivity contribution in [2.75, 3.05) is 0 Å². The first-order chi connectivity index (χ1) is 8.37. The molecule has 1 aliphatic rings. The van der Waals surface area contributed by atoms with Crippen molar-refractivity contribution < 1.29 is 19.8 Å². The molecule has 0 bridgehead atoms. The minimum atomic E-state index is -2.20. The number of benzene rings is 1. The van der Waals surface area contributed by atoms with E-state index in [1.165, 1.54) is 19.1 Å². The van der Waals surface area contributed by atoms with Crippen molar-refractivity contribution in [3.05, 3.63) is 46.0 Å². The summed E-state index contributed by atoms with van der Waals surface area (Å²) in [5.41, 5.74) is -1.85. The Hall–Kier alpha value is -1.30. The zero-order chi connectivity index (χ0) is 13.5. The number of ketones is 2. The molecule has 2 atom stereocenters. The van der Waals surface area contributed by atoms with Gasteiger partial charge in [-0.25, -0.2) is 0 Å². The van der Waals surface area contributed by atoms with Crippen LogP contribution >= 0.6 is 15.9 Å². The van der Waals surface area contributed by atoms with E-state index in [-0.39, 0.29) is 11.1 Å². The fourth-order valence-electron chi connectivity index (χ4n) is 1.92. The number of carbonyl (C=O) groups excluding carboxylic acids is 2. The van der Waals surface area contributed by atoms with E-state index in [0.29, 0.717) is 0 Å². The molecule has 0 fully saturated rings. The molecular formula is C13H11BrO4. The lowest BCUT2D eigenvalue weighted by Gasteiger charge is -2.33. The molecule has 2 N–H and O–H groups in total. The van der Waals surface area contributed by atoms with Gasteiger partial charge in [0.2, 0.25) is 0 Å². The van der Waals surface area contributed by atoms with Crippen molar-refractivity contribution in [1.82, 2.24) is 0 Å². The molecule has 2 rings (SSSR count). The summed E-state index contributed by atoms with van der Waals surface area (Å²) in [4.78, 5) is 23.6. The van der Waals surface area contributed by atoms with Gasteiger partial charge in [0, 0.05) is 4.47 Å². The lowest BCUT2D eigenvalue weighted by atomic mass is 9.77. The Kier molecular flexibility index (Phi) is 3.23. The van der Waals surface area contributed by atoms with E-state index >= 15 is 0 Å². The highest BCUT2D eigenvalue weighted by Gasteiger charge is 2.50. The number of halogens is 1. The Bertz CT molecular complexity index is 547. The number of aliphatic hydroxyl groups is 2. The average molecular weight is 311 g/mol. The third kappa shape index (κ3) is 1.84. The van der Waals surface area contributed by atoms with Crippen LogP contribution in [0.1, 0.15) is 12.5 Å². The van der Waals surface area contributed by atoms with Crippen LogP contribution in [0, 0.1) is 0 Å². The SMILES string of the molecule is CC1=CC(=O)[C@@](O)(c2ccc(Br)cc2)[C@H](O)C1=O. The van der Waals surface area contributed by atoms with Crippen LogP contribution in [-0.4, -0.2) is 27.9 Å². The highest BCUT2D eigenvalue weighted by Crippen LogP contribution is 2.33. The summed E-state index contributed by atoms with van der Waals surface area (Å²) in [7, 11) is 0. The molecule has 1 aromatic carbocycles. The molecule has 0 amide bonds. The zero-order valence-electron chi connectivity index (χ0n) is 9.55. The number of aliphatic hydroxyl groups excluding tert-OH is 1. The molecule has 94 valence electrons. The molecule has 18 heavy (non-hydrogen) atoms. The minimum absolute atomic E-state index is 0.147. The molecule has 0 saturated carbocycles. The maximum Gasteiger partial charge on any atom is 0.195 e. The van der Waals surface area contributed by atoms with Crippen LogP contribution in [-0.2, 0) is 15.2 Å². The second-order valence-corrected chi connectivity index (χ2v) is 5.15. The number of carbonyl (C=O) groups is 2. The third-order valence-corrected chi connectivity index (χ3v) is 3.57. The Morgan fingerprint density at radius 2 is 1.78 bits per heavy atom. The van der Waals surface area contributed by atoms with E-state index in [1.54, 1.807) is 12.1 Å². The Morgan fingerprint density at radius 1 is 1.22 bits per heavy atom. The summed E-state index contributed by atoms with van der Waals surface area (Å²) in [6.45, 7) is 1.44. The molecular weight excluding hydrogens is 300 g/mol. The second-order valence-electron chi connectivity index (χ2n) is 4.23. The summed E-state index contributed by atoms with van der Waals surface area (Å²) in [5, 5.41) is 20.3. The third-order valence-electron chi connectivity index (χ3n) is 3.04. The summed E-state index contributed by atoms with van der Waals surface area (Å²) in [6, 6.07) is 6.24. The van der Waals surface area contributed by atoms with Gasteiger partial charge >= 0.3 is 0 Å². The lowest BCUT2D eigenvalue weighted by Crippen LogP contribution is -2.53. The fraction of sp³-hybridized carbons (Fsp3) is 0.231. The Morgan fingerprint density at radius 3 is 2.33 bits per heavy atom. The Labute approximate surface area is 112 Å². The van der Waals surface area contributed by atoms with Crippen LogP contribution in [0.2, 0.25) is 0 Å². The van der Waals surface area contributed by atoms with Gasteiger partial charge in [0.25, 0.3) is 0 Å². The maximum absolute atomic E-state index is 11.9. The predicted octanol–water partition coefficient (Wildman–Crippen LogP) is 1.10. The number of hydrogen-bond donors (Lipinski definition) is 2. The van der Waals surface area contributed by atoms with Gasteiger partial charge in [-0.1, -0.05) is 28.1 Å². The molecule has 1 aromatic rings. The monoisotopic (exact) mass is 310 g/mol. The van der Waals surface area contributed by atoms with Crippen molar-refractivity contribution in [1.29, 1.82) is 0 Å². The zero-order valence-corrected chi connectivity index (χ0v) is 11.1. The predicted molar refractivity (Wildman–Crippen MR) is 67.8 cm³/mol. The average Bonchev–Trinajstić information content (AvgIpc) is 2.35. The highest BCUT2D eigenvalue weighted by atomic mass is 79.9. The quantitative estimate of drug-likeness (QED) is 0.814. The van der Waals surface area contributed by atoms with Crippen molar-refractivity contribution in [2.24, 2.45) is 0 Å². The van der Waals surface area contributed by atoms with Gasteiger partial charge in [-0.2, -0.15) is 0 Å². The summed E-state index contributed by atoms with van der Waals surface area (Å²) < 4.78 is 0.769. The van der Waals surface area contributed by atoms with Crippen LogP contribution < -0.4 is 0 Å². The van der Waals surface area contributed by atoms with E-state index in [1.807, 2.05) is 0 Å². The van der Waals surface area contributed by atoms with Gasteiger partial charge in [-0.3, -0.25) is 9.59 Å². The van der Waals surface area contributed by atoms with Gasteiger partial charge in [-0.05, 0) is 36.3 Å². The van der Waals surface area contributed by atoms with Gasteiger partial charge in [0.05, 0.1) is 0 Å². The molecule has 0 heterocycles. The maximum atomic E-state index is 11.9. The topological polar surface area (TPSA) is 74.6 Å². The summed E-state index contributed by atoms with van der Waals surface area (Å²) in [5.74, 6) is -1.32. The smallest absolute Gasteiger partial charge is 0.195 e. The number of hydrogen-bond acceptors (Lipinski definition) is 4. The lowest BCUT2D eigenvalue weighted by molar-refractivity contribution is -0.158. The molecule has 4 nitrogen and oxygen atoms in total. The molecule has 0 saturated heterocycles. The summed E-state index contributed by atoms with van der Waals surface area (Å²) >= 11 is 3.23. The van der Waals surface area contributed by atoms with Crippen LogP contribution in [0.4, 0.5) is 0 Å². The largest absolute Gasteiger partial charge is 0.381 e. The molecule has 1 aliphatic carbocycles. The van der Waals surface area contributed by atoms with Gasteiger partial charge in [0.15, 0.2) is 23.3 Å². The van der Waals surface area contributed by atoms with Gasteiger partial charge in [0.1, 0.15) is 0 Å². The first-order valence-electron chi connectivity index (χ1n) is 5.31. The van der Waals surface area contributed by atoms with Gasteiger partial charge < -0.3 is 10.2 Å². The van der Waals surface area contributed by atoms with Crippen molar-refractivity contribution in [3.63, 3.8) is 0 Å². The highest BCUT2D eigenvalue weighted by molar-refractivity contribution is 9.10. The molecule has 0 aromatic heterocycles. The van der Waals surface area contributed by atoms with E-state index in [9.17, 15) is 19.8 Å². The number of Topliss-reactive ketones (excluding diaryl/α,β-unsaturated/α-hetero) is 1. The Balaban J connectivity index is 2.56. The summed E-state index contributed by atoms with van der Waals surface area (Å²) in [6.07, 6.45) is -0.701. The van der Waals surface area contributed by atoms with Gasteiger partial charge in [-0.15, -0.1) is 0 Å².